The van der Waals surface area contributed by atoms with Crippen LogP contribution in [0.1, 0.15) is 28.8 Å². The van der Waals surface area contributed by atoms with Gasteiger partial charge < -0.3 is 15.0 Å². The van der Waals surface area contributed by atoms with Gasteiger partial charge in [-0.1, -0.05) is 12.1 Å². The smallest absolute Gasteiger partial charge is 0.252 e. The number of amides is 1. The average Bonchev–Trinajstić information content (AvgIpc) is 3.17. The number of benzene rings is 1. The van der Waals surface area contributed by atoms with E-state index in [2.05, 4.69) is 15.2 Å². The molecule has 1 aromatic carbocycles. The Bertz CT molecular complexity index is 679. The van der Waals surface area contributed by atoms with Crippen molar-refractivity contribution in [2.45, 2.75) is 19.3 Å². The van der Waals surface area contributed by atoms with Crippen molar-refractivity contribution < 1.29 is 9.53 Å². The SMILES string of the molecule is COc1ccc(CCNC(=O)c2cncc(N3CCCC3)c2)cc1. The minimum Gasteiger partial charge on any atom is -0.497 e. The number of carbonyl (C=O) groups is 1. The van der Waals surface area contributed by atoms with Crippen molar-refractivity contribution in [3.63, 3.8) is 0 Å². The van der Waals surface area contributed by atoms with E-state index >= 15 is 0 Å². The largest absolute Gasteiger partial charge is 0.497 e. The third-order valence-corrected chi connectivity index (χ3v) is 4.32. The average molecular weight is 325 g/mol. The molecule has 5 nitrogen and oxygen atoms in total. The Morgan fingerprint density at radius 1 is 1.21 bits per heavy atom. The van der Waals surface area contributed by atoms with E-state index in [1.807, 2.05) is 36.5 Å². The van der Waals surface area contributed by atoms with Gasteiger partial charge in [0.25, 0.3) is 5.91 Å². The fourth-order valence-corrected chi connectivity index (χ4v) is 2.91. The van der Waals surface area contributed by atoms with Crippen LogP contribution in [0.2, 0.25) is 0 Å². The molecule has 24 heavy (non-hydrogen) atoms. The van der Waals surface area contributed by atoms with Crippen molar-refractivity contribution in [2.24, 2.45) is 0 Å². The van der Waals surface area contributed by atoms with Crippen molar-refractivity contribution in [1.82, 2.24) is 10.3 Å². The number of rotatable bonds is 6. The van der Waals surface area contributed by atoms with Gasteiger partial charge in [-0.2, -0.15) is 0 Å². The molecule has 1 N–H and O–H groups in total. The minimum atomic E-state index is -0.0722. The Hall–Kier alpha value is -2.56. The molecule has 1 aliphatic heterocycles. The second-order valence-corrected chi connectivity index (χ2v) is 5.98. The van der Waals surface area contributed by atoms with Gasteiger partial charge in [-0.15, -0.1) is 0 Å². The lowest BCUT2D eigenvalue weighted by molar-refractivity contribution is 0.0954. The molecule has 1 aliphatic rings. The number of hydrogen-bond acceptors (Lipinski definition) is 4. The lowest BCUT2D eigenvalue weighted by Gasteiger charge is -2.17. The highest BCUT2D eigenvalue weighted by Gasteiger charge is 2.14. The van der Waals surface area contributed by atoms with Gasteiger partial charge in [-0.05, 0) is 43.0 Å². The van der Waals surface area contributed by atoms with Crippen LogP contribution in [0, 0.1) is 0 Å². The van der Waals surface area contributed by atoms with Crippen LogP contribution in [-0.2, 0) is 6.42 Å². The molecule has 0 radical (unpaired) electrons. The molecule has 126 valence electrons. The van der Waals surface area contributed by atoms with E-state index in [0.29, 0.717) is 12.1 Å². The van der Waals surface area contributed by atoms with Crippen molar-refractivity contribution in [2.75, 3.05) is 31.6 Å². The van der Waals surface area contributed by atoms with Crippen molar-refractivity contribution in [3.05, 3.63) is 53.9 Å². The Labute approximate surface area is 142 Å². The van der Waals surface area contributed by atoms with Crippen LogP contribution >= 0.6 is 0 Å². The Morgan fingerprint density at radius 2 is 1.96 bits per heavy atom. The first-order valence-electron chi connectivity index (χ1n) is 8.37. The molecule has 0 spiro atoms. The molecule has 2 aromatic rings. The number of hydrogen-bond donors (Lipinski definition) is 1. The second-order valence-electron chi connectivity index (χ2n) is 5.98. The molecule has 2 heterocycles. The summed E-state index contributed by atoms with van der Waals surface area (Å²) >= 11 is 0. The normalized spacial score (nSPS) is 13.8. The molecule has 0 atom stereocenters. The first kappa shape index (κ1) is 16.3. The Balaban J connectivity index is 1.53. The monoisotopic (exact) mass is 325 g/mol. The summed E-state index contributed by atoms with van der Waals surface area (Å²) in [4.78, 5) is 18.8. The van der Waals surface area contributed by atoms with E-state index in [1.54, 1.807) is 13.3 Å². The quantitative estimate of drug-likeness (QED) is 0.887. The number of ether oxygens (including phenoxy) is 1. The zero-order valence-electron chi connectivity index (χ0n) is 14.0. The van der Waals surface area contributed by atoms with Crippen LogP contribution < -0.4 is 15.0 Å². The molecule has 0 aliphatic carbocycles. The maximum atomic E-state index is 12.3. The summed E-state index contributed by atoms with van der Waals surface area (Å²) in [5.41, 5.74) is 2.82. The summed E-state index contributed by atoms with van der Waals surface area (Å²) in [6.07, 6.45) is 6.66. The van der Waals surface area contributed by atoms with Crippen LogP contribution in [0.5, 0.6) is 5.75 Å². The second kappa shape index (κ2) is 7.81. The maximum Gasteiger partial charge on any atom is 0.252 e. The third-order valence-electron chi connectivity index (χ3n) is 4.32. The van der Waals surface area contributed by atoms with Gasteiger partial charge in [0, 0.05) is 25.8 Å². The minimum absolute atomic E-state index is 0.0722. The molecule has 1 aromatic heterocycles. The number of aromatic nitrogens is 1. The van der Waals surface area contributed by atoms with E-state index in [9.17, 15) is 4.79 Å². The maximum absolute atomic E-state index is 12.3. The fourth-order valence-electron chi connectivity index (χ4n) is 2.91. The van der Waals surface area contributed by atoms with Crippen LogP contribution in [0.4, 0.5) is 5.69 Å². The van der Waals surface area contributed by atoms with Crippen molar-refractivity contribution in [1.29, 1.82) is 0 Å². The number of pyridine rings is 1. The van der Waals surface area contributed by atoms with Crippen LogP contribution in [0.15, 0.2) is 42.7 Å². The lowest BCUT2D eigenvalue weighted by atomic mass is 10.1. The number of nitrogens with one attached hydrogen (secondary N) is 1. The zero-order chi connectivity index (χ0) is 16.8. The van der Waals surface area contributed by atoms with E-state index in [4.69, 9.17) is 4.74 Å². The summed E-state index contributed by atoms with van der Waals surface area (Å²) in [5.74, 6) is 0.768. The van der Waals surface area contributed by atoms with Crippen LogP contribution in [0.25, 0.3) is 0 Å². The Kier molecular flexibility index (Phi) is 5.31. The van der Waals surface area contributed by atoms with Gasteiger partial charge in [-0.3, -0.25) is 9.78 Å². The van der Waals surface area contributed by atoms with Crippen LogP contribution in [0.3, 0.4) is 0 Å². The summed E-state index contributed by atoms with van der Waals surface area (Å²) < 4.78 is 5.14. The standard InChI is InChI=1S/C19H23N3O2/c1-24-18-6-4-15(5-7-18)8-9-21-19(23)16-12-17(14-20-13-16)22-10-2-3-11-22/h4-7,12-14H,2-3,8-11H2,1H3,(H,21,23). The topological polar surface area (TPSA) is 54.5 Å². The first-order valence-corrected chi connectivity index (χ1v) is 8.37. The lowest BCUT2D eigenvalue weighted by Crippen LogP contribution is -2.26. The third kappa shape index (κ3) is 4.04. The summed E-state index contributed by atoms with van der Waals surface area (Å²) in [7, 11) is 1.65. The van der Waals surface area contributed by atoms with Gasteiger partial charge in [0.05, 0.1) is 24.6 Å². The molecule has 0 bridgehead atoms. The molecular formula is C19H23N3O2. The molecule has 5 heteroatoms. The summed E-state index contributed by atoms with van der Waals surface area (Å²) in [6.45, 7) is 2.69. The first-order chi connectivity index (χ1) is 11.8. The van der Waals surface area contributed by atoms with E-state index in [-0.39, 0.29) is 5.91 Å². The van der Waals surface area contributed by atoms with Crippen LogP contribution in [-0.4, -0.2) is 37.6 Å². The predicted molar refractivity (Wildman–Crippen MR) is 94.7 cm³/mol. The molecule has 1 amide bonds. The van der Waals surface area contributed by atoms with Crippen molar-refractivity contribution >= 4 is 11.6 Å². The van der Waals surface area contributed by atoms with Crippen molar-refractivity contribution in [3.8, 4) is 5.75 Å². The molecule has 3 rings (SSSR count). The highest BCUT2D eigenvalue weighted by molar-refractivity contribution is 5.94. The van der Waals surface area contributed by atoms with E-state index in [0.717, 1.165) is 30.9 Å². The van der Waals surface area contributed by atoms with Gasteiger partial charge in [-0.25, -0.2) is 0 Å². The van der Waals surface area contributed by atoms with E-state index < -0.39 is 0 Å². The fraction of sp³-hybridized carbons (Fsp3) is 0.368. The van der Waals surface area contributed by atoms with Gasteiger partial charge >= 0.3 is 0 Å². The van der Waals surface area contributed by atoms with E-state index in [1.165, 1.54) is 18.4 Å². The highest BCUT2D eigenvalue weighted by Crippen LogP contribution is 2.20. The Morgan fingerprint density at radius 3 is 2.67 bits per heavy atom. The molecule has 0 unspecified atom stereocenters. The highest BCUT2D eigenvalue weighted by atomic mass is 16.5. The number of carbonyl (C=O) groups excluding carboxylic acids is 1. The molecule has 1 fully saturated rings. The number of methoxy groups -OCH3 is 1. The predicted octanol–water partition coefficient (Wildman–Crippen LogP) is 2.66. The number of nitrogens with zero attached hydrogens (tertiary/aromatic N) is 2. The van der Waals surface area contributed by atoms with Gasteiger partial charge in [0.2, 0.25) is 0 Å². The zero-order valence-corrected chi connectivity index (χ0v) is 14.0. The number of anilines is 1. The molecular weight excluding hydrogens is 302 g/mol. The molecule has 1 saturated heterocycles. The van der Waals surface area contributed by atoms with Gasteiger partial charge in [0.1, 0.15) is 5.75 Å². The van der Waals surface area contributed by atoms with Gasteiger partial charge in [0.15, 0.2) is 0 Å². The summed E-state index contributed by atoms with van der Waals surface area (Å²) in [6, 6.07) is 9.82. The summed E-state index contributed by atoms with van der Waals surface area (Å²) in [5, 5.41) is 2.97. The molecule has 0 saturated carbocycles.